The number of esters is 1. The molecule has 1 saturated heterocycles. The van der Waals surface area contributed by atoms with Gasteiger partial charge in [0.25, 0.3) is 0 Å². The number of aromatic nitrogens is 4. The summed E-state index contributed by atoms with van der Waals surface area (Å²) in [5.41, 5.74) is 7.97. The third-order valence-corrected chi connectivity index (χ3v) is 8.80. The first-order valence-electron chi connectivity index (χ1n) is 13.4. The van der Waals surface area contributed by atoms with Crippen LogP contribution in [0.5, 0.6) is 0 Å². The average molecular weight is 539 g/mol. The first kappa shape index (κ1) is 25.5. The van der Waals surface area contributed by atoms with Crippen LogP contribution in [0.1, 0.15) is 43.4 Å². The number of nitrogens with one attached hydrogen (secondary N) is 1. The highest BCUT2D eigenvalue weighted by molar-refractivity contribution is 8.01. The number of thioether (sulfide) groups is 1. The second-order valence-corrected chi connectivity index (χ2v) is 11.5. The Hall–Kier alpha value is -3.78. The summed E-state index contributed by atoms with van der Waals surface area (Å²) in [5.74, 6) is 0.787. The van der Waals surface area contributed by atoms with Crippen molar-refractivity contribution in [3.8, 4) is 22.6 Å². The van der Waals surface area contributed by atoms with E-state index in [1.54, 1.807) is 6.33 Å². The SMILES string of the molecule is Cc1cccc(-c2[nH]cnc2-c2ccc3ncc(C4=CCC(CC(=O)CSC5CCOC5=O)CC4)cc3c2)n1. The van der Waals surface area contributed by atoms with Gasteiger partial charge in [-0.2, -0.15) is 0 Å². The lowest BCUT2D eigenvalue weighted by atomic mass is 9.84. The van der Waals surface area contributed by atoms with Crippen molar-refractivity contribution in [2.45, 2.75) is 44.3 Å². The predicted molar refractivity (Wildman–Crippen MR) is 154 cm³/mol. The number of hydrogen-bond acceptors (Lipinski definition) is 7. The molecular weight excluding hydrogens is 508 g/mol. The molecule has 198 valence electrons. The Labute approximate surface area is 231 Å². The summed E-state index contributed by atoms with van der Waals surface area (Å²) < 4.78 is 4.99. The molecule has 6 rings (SSSR count). The van der Waals surface area contributed by atoms with Gasteiger partial charge in [0.05, 0.1) is 41.3 Å². The second kappa shape index (κ2) is 11.1. The topological polar surface area (TPSA) is 97.8 Å². The maximum Gasteiger partial charge on any atom is 0.319 e. The van der Waals surface area contributed by atoms with E-state index in [4.69, 9.17) is 9.72 Å². The molecule has 3 aromatic heterocycles. The fraction of sp³-hybridized carbons (Fsp3) is 0.323. The highest BCUT2D eigenvalue weighted by Gasteiger charge is 2.28. The van der Waals surface area contributed by atoms with Crippen LogP contribution in [0.4, 0.5) is 0 Å². The van der Waals surface area contributed by atoms with Crippen molar-refractivity contribution < 1.29 is 14.3 Å². The van der Waals surface area contributed by atoms with Crippen molar-refractivity contribution in [1.29, 1.82) is 0 Å². The number of carbonyl (C=O) groups is 2. The number of hydrogen-bond donors (Lipinski definition) is 1. The van der Waals surface area contributed by atoms with Crippen molar-refractivity contribution in [3.05, 3.63) is 72.3 Å². The third-order valence-electron chi connectivity index (χ3n) is 7.48. The van der Waals surface area contributed by atoms with Gasteiger partial charge in [-0.25, -0.2) is 4.98 Å². The number of allylic oxidation sites excluding steroid dienone is 2. The predicted octanol–water partition coefficient (Wildman–Crippen LogP) is 6.19. The maximum absolute atomic E-state index is 12.5. The fourth-order valence-corrected chi connectivity index (χ4v) is 6.36. The molecule has 0 amide bonds. The molecule has 0 radical (unpaired) electrons. The summed E-state index contributed by atoms with van der Waals surface area (Å²) in [4.78, 5) is 41.4. The molecule has 39 heavy (non-hydrogen) atoms. The molecule has 2 aliphatic rings. The van der Waals surface area contributed by atoms with Crippen molar-refractivity contribution in [1.82, 2.24) is 19.9 Å². The normalized spacial score (nSPS) is 19.2. The average Bonchev–Trinajstić information content (AvgIpc) is 3.61. The number of aromatic amines is 1. The van der Waals surface area contributed by atoms with Crippen molar-refractivity contribution in [3.63, 3.8) is 0 Å². The van der Waals surface area contributed by atoms with Gasteiger partial charge in [0, 0.05) is 35.7 Å². The number of ether oxygens (including phenoxy) is 1. The summed E-state index contributed by atoms with van der Waals surface area (Å²) in [5, 5.41) is 0.892. The van der Waals surface area contributed by atoms with E-state index in [0.29, 0.717) is 31.1 Å². The van der Waals surface area contributed by atoms with Crippen LogP contribution in [-0.4, -0.2) is 49.3 Å². The molecule has 1 aromatic carbocycles. The minimum Gasteiger partial charge on any atom is -0.465 e. The van der Waals surface area contributed by atoms with E-state index in [0.717, 1.165) is 64.1 Å². The van der Waals surface area contributed by atoms with E-state index in [1.807, 2.05) is 37.4 Å². The lowest BCUT2D eigenvalue weighted by Gasteiger charge is -2.22. The molecule has 4 heterocycles. The number of imidazole rings is 1. The van der Waals surface area contributed by atoms with Crippen LogP contribution in [0.15, 0.2) is 61.1 Å². The van der Waals surface area contributed by atoms with Crippen LogP contribution >= 0.6 is 11.8 Å². The smallest absolute Gasteiger partial charge is 0.319 e. The molecule has 1 aliphatic carbocycles. The zero-order valence-electron chi connectivity index (χ0n) is 21.9. The Balaban J connectivity index is 1.15. The van der Waals surface area contributed by atoms with Gasteiger partial charge in [0.15, 0.2) is 0 Å². The summed E-state index contributed by atoms with van der Waals surface area (Å²) in [6, 6.07) is 14.4. The number of H-pyrrole nitrogens is 1. The van der Waals surface area contributed by atoms with Crippen LogP contribution in [0.2, 0.25) is 0 Å². The number of pyridine rings is 2. The van der Waals surface area contributed by atoms with E-state index in [9.17, 15) is 9.59 Å². The summed E-state index contributed by atoms with van der Waals surface area (Å²) >= 11 is 1.43. The molecular formula is C31H30N4O3S. The van der Waals surface area contributed by atoms with Gasteiger partial charge in [-0.15, -0.1) is 11.8 Å². The number of rotatable bonds is 8. The van der Waals surface area contributed by atoms with E-state index < -0.39 is 0 Å². The standard InChI is InChI=1S/C31H30N4O3S/c1-19-3-2-4-27(35-19)30-29(33-18-34-30)22-9-10-26-23(14-22)15-24(16-32-26)21-7-5-20(6-8-21)13-25(36)17-39-28-11-12-38-31(28)37/h2-4,7,9-10,14-16,18,20,28H,5-6,8,11-13,17H2,1H3,(H,33,34). The van der Waals surface area contributed by atoms with Gasteiger partial charge in [-0.1, -0.05) is 18.2 Å². The molecule has 0 saturated carbocycles. The number of ketones is 1. The van der Waals surface area contributed by atoms with Crippen LogP contribution in [-0.2, 0) is 14.3 Å². The molecule has 8 heteroatoms. The highest BCUT2D eigenvalue weighted by Crippen LogP contribution is 2.35. The molecule has 2 unspecified atom stereocenters. The first-order valence-corrected chi connectivity index (χ1v) is 14.5. The quantitative estimate of drug-likeness (QED) is 0.267. The molecule has 4 aromatic rings. The van der Waals surface area contributed by atoms with E-state index in [1.165, 1.54) is 17.3 Å². The molecule has 1 fully saturated rings. The minimum atomic E-state index is -0.178. The van der Waals surface area contributed by atoms with Crippen molar-refractivity contribution >= 4 is 40.0 Å². The molecule has 0 spiro atoms. The van der Waals surface area contributed by atoms with E-state index in [2.05, 4.69) is 39.2 Å². The second-order valence-electron chi connectivity index (χ2n) is 10.3. The third kappa shape index (κ3) is 5.66. The van der Waals surface area contributed by atoms with Crippen LogP contribution in [0.3, 0.4) is 0 Å². The van der Waals surface area contributed by atoms with Crippen LogP contribution < -0.4 is 0 Å². The highest BCUT2D eigenvalue weighted by atomic mass is 32.2. The molecule has 0 bridgehead atoms. The molecule has 1 aliphatic heterocycles. The lowest BCUT2D eigenvalue weighted by Crippen LogP contribution is -2.16. The molecule has 7 nitrogen and oxygen atoms in total. The van der Waals surface area contributed by atoms with Crippen molar-refractivity contribution in [2.75, 3.05) is 12.4 Å². The summed E-state index contributed by atoms with van der Waals surface area (Å²) in [6.07, 6.45) is 10.00. The first-order chi connectivity index (χ1) is 19.0. The zero-order chi connectivity index (χ0) is 26.8. The van der Waals surface area contributed by atoms with Gasteiger partial charge < -0.3 is 9.72 Å². The molecule has 1 N–H and O–H groups in total. The van der Waals surface area contributed by atoms with E-state index in [-0.39, 0.29) is 17.0 Å². The van der Waals surface area contributed by atoms with E-state index >= 15 is 0 Å². The lowest BCUT2D eigenvalue weighted by molar-refractivity contribution is -0.137. The largest absolute Gasteiger partial charge is 0.465 e. The maximum atomic E-state index is 12.5. The minimum absolute atomic E-state index is 0.174. The van der Waals surface area contributed by atoms with Gasteiger partial charge >= 0.3 is 5.97 Å². The Morgan fingerprint density at radius 1 is 1.13 bits per heavy atom. The number of Topliss-reactive ketones (excluding diaryl/α,β-unsaturated/α-hetero) is 1. The number of carbonyl (C=O) groups excluding carboxylic acids is 2. The van der Waals surface area contributed by atoms with Crippen LogP contribution in [0, 0.1) is 12.8 Å². The number of aryl methyl sites for hydroxylation is 1. The Kier molecular flexibility index (Phi) is 7.28. The zero-order valence-corrected chi connectivity index (χ0v) is 22.7. The number of fused-ring (bicyclic) bond motifs is 1. The number of nitrogens with zero attached hydrogens (tertiary/aromatic N) is 3. The van der Waals surface area contributed by atoms with Crippen molar-refractivity contribution in [2.24, 2.45) is 5.92 Å². The Morgan fingerprint density at radius 2 is 2.03 bits per heavy atom. The monoisotopic (exact) mass is 538 g/mol. The Bertz CT molecular complexity index is 1580. The number of benzene rings is 1. The van der Waals surface area contributed by atoms with Gasteiger partial charge in [0.2, 0.25) is 0 Å². The number of cyclic esters (lactones) is 1. The Morgan fingerprint density at radius 3 is 2.82 bits per heavy atom. The summed E-state index contributed by atoms with van der Waals surface area (Å²) in [7, 11) is 0. The summed E-state index contributed by atoms with van der Waals surface area (Å²) in [6.45, 7) is 2.46. The molecule has 2 atom stereocenters. The van der Waals surface area contributed by atoms with Gasteiger partial charge in [-0.3, -0.25) is 19.6 Å². The fourth-order valence-electron chi connectivity index (χ4n) is 5.38. The van der Waals surface area contributed by atoms with Gasteiger partial charge in [0.1, 0.15) is 11.0 Å². The van der Waals surface area contributed by atoms with Gasteiger partial charge in [-0.05, 0) is 73.6 Å². The van der Waals surface area contributed by atoms with Crippen LogP contribution in [0.25, 0.3) is 39.1 Å².